The minimum absolute atomic E-state index is 0.912. The number of nitrogens with zero attached hydrogens (tertiary/aromatic N) is 4. The average Bonchev–Trinajstić information content (AvgIpc) is 2.91. The Kier molecular flexibility index (Phi) is 6.50. The maximum absolute atomic E-state index is 4.96. The highest BCUT2D eigenvalue weighted by molar-refractivity contribution is 6.03. The van der Waals surface area contributed by atoms with Crippen molar-refractivity contribution in [1.82, 2.24) is 9.97 Å². The molecule has 2 heterocycles. The van der Waals surface area contributed by atoms with Crippen molar-refractivity contribution in [3.8, 4) is 0 Å². The van der Waals surface area contributed by atoms with E-state index in [9.17, 15) is 0 Å². The Labute approximate surface area is 212 Å². The molecule has 0 fully saturated rings. The summed E-state index contributed by atoms with van der Waals surface area (Å²) in [5.41, 5.74) is 8.32. The van der Waals surface area contributed by atoms with Crippen molar-refractivity contribution in [3.05, 3.63) is 107 Å². The first-order valence-electron chi connectivity index (χ1n) is 12.1. The Morgan fingerprint density at radius 1 is 0.444 bits per heavy atom. The van der Waals surface area contributed by atoms with E-state index >= 15 is 0 Å². The Balaban J connectivity index is 1.45. The van der Waals surface area contributed by atoms with Crippen molar-refractivity contribution in [2.75, 3.05) is 38.0 Å². The topological polar surface area (TPSA) is 32.3 Å². The van der Waals surface area contributed by atoms with Crippen molar-refractivity contribution in [2.24, 2.45) is 0 Å². The Hall–Kier alpha value is -4.44. The molecule has 0 saturated heterocycles. The lowest BCUT2D eigenvalue weighted by molar-refractivity contribution is 1.13. The maximum Gasteiger partial charge on any atom is 0.0972 e. The predicted molar refractivity (Wildman–Crippen MR) is 156 cm³/mol. The second kappa shape index (κ2) is 10.0. The molecule has 0 bridgehead atoms. The SMILES string of the molecule is CN(C)c1ccc(/C=C/c2ccc3ccc4ccc(/C=C/c5ccc(N(C)C)cc5)nc4c3n2)cc1. The number of pyridine rings is 2. The minimum atomic E-state index is 0.912. The van der Waals surface area contributed by atoms with E-state index < -0.39 is 0 Å². The summed E-state index contributed by atoms with van der Waals surface area (Å²) in [5, 5.41) is 2.17. The van der Waals surface area contributed by atoms with Gasteiger partial charge in [0.05, 0.1) is 22.4 Å². The number of rotatable bonds is 6. The van der Waals surface area contributed by atoms with Gasteiger partial charge in [0.1, 0.15) is 0 Å². The molecule has 5 aromatic rings. The quantitative estimate of drug-likeness (QED) is 0.245. The molecule has 0 aliphatic heterocycles. The highest BCUT2D eigenvalue weighted by Crippen LogP contribution is 2.24. The first-order valence-corrected chi connectivity index (χ1v) is 12.1. The lowest BCUT2D eigenvalue weighted by Crippen LogP contribution is -2.07. The van der Waals surface area contributed by atoms with E-state index in [-0.39, 0.29) is 0 Å². The van der Waals surface area contributed by atoms with Gasteiger partial charge in [-0.1, -0.05) is 60.7 Å². The van der Waals surface area contributed by atoms with Crippen LogP contribution in [0.4, 0.5) is 11.4 Å². The molecule has 4 nitrogen and oxygen atoms in total. The van der Waals surface area contributed by atoms with Gasteiger partial charge in [-0.05, 0) is 59.7 Å². The zero-order chi connectivity index (χ0) is 25.1. The van der Waals surface area contributed by atoms with Crippen LogP contribution in [0.25, 0.3) is 46.1 Å². The van der Waals surface area contributed by atoms with Crippen molar-refractivity contribution in [1.29, 1.82) is 0 Å². The summed E-state index contributed by atoms with van der Waals surface area (Å²) in [7, 11) is 8.19. The summed E-state index contributed by atoms with van der Waals surface area (Å²) in [5.74, 6) is 0. The third kappa shape index (κ3) is 5.13. The van der Waals surface area contributed by atoms with Crippen LogP contribution in [0.5, 0.6) is 0 Å². The zero-order valence-electron chi connectivity index (χ0n) is 21.2. The van der Waals surface area contributed by atoms with Gasteiger partial charge in [-0.15, -0.1) is 0 Å². The van der Waals surface area contributed by atoms with Gasteiger partial charge in [0.15, 0.2) is 0 Å². The summed E-state index contributed by atoms with van der Waals surface area (Å²) >= 11 is 0. The monoisotopic (exact) mass is 470 g/mol. The summed E-state index contributed by atoms with van der Waals surface area (Å²) in [6, 6.07) is 29.5. The van der Waals surface area contributed by atoms with E-state index in [4.69, 9.17) is 9.97 Å². The molecule has 0 radical (unpaired) electrons. The molecule has 178 valence electrons. The minimum Gasteiger partial charge on any atom is -0.378 e. The molecular weight excluding hydrogens is 440 g/mol. The van der Waals surface area contributed by atoms with Crippen LogP contribution >= 0.6 is 0 Å². The van der Waals surface area contributed by atoms with E-state index in [0.29, 0.717) is 0 Å². The molecule has 5 rings (SSSR count). The van der Waals surface area contributed by atoms with Crippen LogP contribution in [0.2, 0.25) is 0 Å². The normalized spacial score (nSPS) is 11.7. The van der Waals surface area contributed by atoms with Crippen LogP contribution in [-0.4, -0.2) is 38.2 Å². The van der Waals surface area contributed by atoms with Crippen LogP contribution < -0.4 is 9.80 Å². The second-order valence-electron chi connectivity index (χ2n) is 9.32. The van der Waals surface area contributed by atoms with Crippen molar-refractivity contribution >= 4 is 57.5 Å². The number of hydrogen-bond acceptors (Lipinski definition) is 4. The molecule has 0 aliphatic rings. The van der Waals surface area contributed by atoms with Crippen LogP contribution in [0.15, 0.2) is 84.9 Å². The molecular formula is C32H30N4. The fourth-order valence-corrected chi connectivity index (χ4v) is 4.11. The molecule has 0 saturated carbocycles. The van der Waals surface area contributed by atoms with Gasteiger partial charge >= 0.3 is 0 Å². The molecule has 0 N–H and O–H groups in total. The summed E-state index contributed by atoms with van der Waals surface area (Å²) in [6.45, 7) is 0. The van der Waals surface area contributed by atoms with Gasteiger partial charge < -0.3 is 9.80 Å². The molecule has 0 atom stereocenters. The highest BCUT2D eigenvalue weighted by Gasteiger charge is 2.05. The van der Waals surface area contributed by atoms with Crippen molar-refractivity contribution < 1.29 is 0 Å². The van der Waals surface area contributed by atoms with Gasteiger partial charge in [-0.3, -0.25) is 0 Å². The lowest BCUT2D eigenvalue weighted by Gasteiger charge is -2.11. The van der Waals surface area contributed by atoms with Crippen LogP contribution in [0, 0.1) is 0 Å². The smallest absolute Gasteiger partial charge is 0.0972 e. The summed E-state index contributed by atoms with van der Waals surface area (Å²) in [4.78, 5) is 14.1. The largest absolute Gasteiger partial charge is 0.378 e. The molecule has 0 unspecified atom stereocenters. The van der Waals surface area contributed by atoms with E-state index in [1.807, 2.05) is 28.2 Å². The molecule has 0 amide bonds. The fourth-order valence-electron chi connectivity index (χ4n) is 4.11. The van der Waals surface area contributed by atoms with Gasteiger partial charge in [-0.2, -0.15) is 0 Å². The van der Waals surface area contributed by atoms with E-state index in [0.717, 1.165) is 44.3 Å². The third-order valence-electron chi connectivity index (χ3n) is 6.27. The molecule has 4 heteroatoms. The summed E-state index contributed by atoms with van der Waals surface area (Å²) in [6.07, 6.45) is 8.32. The number of hydrogen-bond donors (Lipinski definition) is 0. The average molecular weight is 471 g/mol. The van der Waals surface area contributed by atoms with E-state index in [2.05, 4.69) is 119 Å². The van der Waals surface area contributed by atoms with Gasteiger partial charge in [0.25, 0.3) is 0 Å². The van der Waals surface area contributed by atoms with Crippen molar-refractivity contribution in [3.63, 3.8) is 0 Å². The molecule has 0 spiro atoms. The maximum atomic E-state index is 4.96. The Morgan fingerprint density at radius 2 is 0.806 bits per heavy atom. The highest BCUT2D eigenvalue weighted by atomic mass is 15.1. The van der Waals surface area contributed by atoms with Gasteiger partial charge in [0.2, 0.25) is 0 Å². The third-order valence-corrected chi connectivity index (χ3v) is 6.27. The van der Waals surface area contributed by atoms with Crippen LogP contribution in [-0.2, 0) is 0 Å². The molecule has 36 heavy (non-hydrogen) atoms. The Morgan fingerprint density at radius 3 is 1.17 bits per heavy atom. The number of anilines is 2. The van der Waals surface area contributed by atoms with Crippen LogP contribution in [0.3, 0.4) is 0 Å². The van der Waals surface area contributed by atoms with Gasteiger partial charge in [-0.25, -0.2) is 9.97 Å². The molecule has 3 aromatic carbocycles. The summed E-state index contributed by atoms with van der Waals surface area (Å²) < 4.78 is 0. The number of aromatic nitrogens is 2. The van der Waals surface area contributed by atoms with E-state index in [1.54, 1.807) is 0 Å². The first kappa shape index (κ1) is 23.3. The zero-order valence-corrected chi connectivity index (χ0v) is 21.2. The van der Waals surface area contributed by atoms with Crippen molar-refractivity contribution in [2.45, 2.75) is 0 Å². The number of benzene rings is 3. The molecule has 2 aromatic heterocycles. The van der Waals surface area contributed by atoms with Crippen LogP contribution in [0.1, 0.15) is 22.5 Å². The van der Waals surface area contributed by atoms with Gasteiger partial charge in [0, 0.05) is 50.3 Å². The standard InChI is InChI=1S/C32H30N4/c1-35(2)29-19-7-23(8-20-29)5-15-27-17-13-25-11-12-26-14-18-28(34-32(26)31(25)33-27)16-6-24-9-21-30(22-10-24)36(3)4/h5-22H,1-4H3/b15-5+,16-6+. The lowest BCUT2D eigenvalue weighted by atomic mass is 10.1. The predicted octanol–water partition coefficient (Wildman–Crippen LogP) is 7.26. The first-order chi connectivity index (χ1) is 17.5. The molecule has 0 aliphatic carbocycles. The van der Waals surface area contributed by atoms with E-state index in [1.165, 1.54) is 11.4 Å². The Bertz CT molecular complexity index is 1440. The second-order valence-corrected chi connectivity index (χ2v) is 9.32. The number of fused-ring (bicyclic) bond motifs is 3. The fraction of sp³-hybridized carbons (Fsp3) is 0.125.